The van der Waals surface area contributed by atoms with Crippen LogP contribution in [0.5, 0.6) is 5.75 Å². The minimum absolute atomic E-state index is 0.0664. The van der Waals surface area contributed by atoms with E-state index in [0.717, 1.165) is 0 Å². The topological polar surface area (TPSA) is 89.7 Å². The second-order valence-corrected chi connectivity index (χ2v) is 6.92. The predicted molar refractivity (Wildman–Crippen MR) is 76.1 cm³/mol. The number of rotatable bonds is 4. The Morgan fingerprint density at radius 1 is 1.30 bits per heavy atom. The summed E-state index contributed by atoms with van der Waals surface area (Å²) in [6.45, 7) is 3.95. The first kappa shape index (κ1) is 14.8. The van der Waals surface area contributed by atoms with Crippen LogP contribution in [-0.2, 0) is 14.8 Å². The summed E-state index contributed by atoms with van der Waals surface area (Å²) >= 11 is 0. The van der Waals surface area contributed by atoms with Gasteiger partial charge in [0.25, 0.3) is 0 Å². The van der Waals surface area contributed by atoms with E-state index in [1.165, 1.54) is 4.90 Å². The summed E-state index contributed by atoms with van der Waals surface area (Å²) in [5.41, 5.74) is 0.650. The second kappa shape index (κ2) is 5.41. The number of carbonyl (C=O) groups is 1. The Hall–Kier alpha value is -1.60. The standard InChI is InChI=1S/C13H18N2O4S/c1-9(2)19-11-5-3-10(4-6-11)15-8-12(7-13(15)16)20(14,17)18/h3-6,9,12H,7-8H2,1-2H3,(H2,14,17,18). The quantitative estimate of drug-likeness (QED) is 0.893. The Labute approximate surface area is 118 Å². The molecule has 0 saturated carbocycles. The number of nitrogens with two attached hydrogens (primary N) is 1. The number of hydrogen-bond donors (Lipinski definition) is 1. The Morgan fingerprint density at radius 3 is 2.35 bits per heavy atom. The Morgan fingerprint density at radius 2 is 1.90 bits per heavy atom. The first-order valence-electron chi connectivity index (χ1n) is 6.36. The summed E-state index contributed by atoms with van der Waals surface area (Å²) in [6.07, 6.45) is 0.00401. The number of sulfonamides is 1. The molecule has 6 nitrogen and oxygen atoms in total. The van der Waals surface area contributed by atoms with Crippen molar-refractivity contribution in [1.29, 1.82) is 0 Å². The predicted octanol–water partition coefficient (Wildman–Crippen LogP) is 0.868. The molecule has 0 radical (unpaired) electrons. The molecule has 0 aromatic heterocycles. The number of hydrogen-bond acceptors (Lipinski definition) is 4. The molecule has 110 valence electrons. The second-order valence-electron chi connectivity index (χ2n) is 5.08. The first-order valence-corrected chi connectivity index (χ1v) is 7.97. The number of ether oxygens (including phenoxy) is 1. The van der Waals surface area contributed by atoms with E-state index >= 15 is 0 Å². The molecule has 1 aliphatic heterocycles. The van der Waals surface area contributed by atoms with Crippen LogP contribution in [0.2, 0.25) is 0 Å². The lowest BCUT2D eigenvalue weighted by molar-refractivity contribution is -0.117. The van der Waals surface area contributed by atoms with Crippen molar-refractivity contribution in [2.24, 2.45) is 5.14 Å². The van der Waals surface area contributed by atoms with E-state index < -0.39 is 15.3 Å². The van der Waals surface area contributed by atoms with Gasteiger partial charge in [0, 0.05) is 18.7 Å². The molecule has 7 heteroatoms. The van der Waals surface area contributed by atoms with Gasteiger partial charge < -0.3 is 9.64 Å². The third kappa shape index (κ3) is 3.29. The molecule has 20 heavy (non-hydrogen) atoms. The van der Waals surface area contributed by atoms with Gasteiger partial charge in [0.15, 0.2) is 0 Å². The number of amides is 1. The highest BCUT2D eigenvalue weighted by atomic mass is 32.2. The van der Waals surface area contributed by atoms with Crippen LogP contribution >= 0.6 is 0 Å². The van der Waals surface area contributed by atoms with Gasteiger partial charge >= 0.3 is 0 Å². The number of anilines is 1. The highest BCUT2D eigenvalue weighted by Gasteiger charge is 2.37. The zero-order chi connectivity index (χ0) is 14.9. The molecule has 1 unspecified atom stereocenters. The van der Waals surface area contributed by atoms with Crippen LogP contribution < -0.4 is 14.8 Å². The van der Waals surface area contributed by atoms with Gasteiger partial charge in [-0.1, -0.05) is 0 Å². The van der Waals surface area contributed by atoms with Crippen molar-refractivity contribution in [3.63, 3.8) is 0 Å². The Kier molecular flexibility index (Phi) is 4.01. The molecule has 1 atom stereocenters. The lowest BCUT2D eigenvalue weighted by Crippen LogP contribution is -2.32. The van der Waals surface area contributed by atoms with Gasteiger partial charge in [0.1, 0.15) is 11.0 Å². The van der Waals surface area contributed by atoms with E-state index in [4.69, 9.17) is 9.88 Å². The van der Waals surface area contributed by atoms with E-state index in [2.05, 4.69) is 0 Å². The summed E-state index contributed by atoms with van der Waals surface area (Å²) in [5, 5.41) is 4.26. The van der Waals surface area contributed by atoms with Gasteiger partial charge in [0.2, 0.25) is 15.9 Å². The molecule has 1 aromatic carbocycles. The monoisotopic (exact) mass is 298 g/mol. The SMILES string of the molecule is CC(C)Oc1ccc(N2CC(S(N)(=O)=O)CC2=O)cc1. The van der Waals surface area contributed by atoms with Crippen LogP contribution in [0.25, 0.3) is 0 Å². The van der Waals surface area contributed by atoms with Gasteiger partial charge in [-0.25, -0.2) is 13.6 Å². The zero-order valence-electron chi connectivity index (χ0n) is 11.4. The van der Waals surface area contributed by atoms with Crippen molar-refractivity contribution in [3.8, 4) is 5.75 Å². The summed E-state index contributed by atoms with van der Waals surface area (Å²) < 4.78 is 28.1. The molecule has 0 bridgehead atoms. The number of benzene rings is 1. The fraction of sp³-hybridized carbons (Fsp3) is 0.462. The highest BCUT2D eigenvalue weighted by Crippen LogP contribution is 2.26. The van der Waals surface area contributed by atoms with Crippen molar-refractivity contribution in [2.45, 2.75) is 31.6 Å². The van der Waals surface area contributed by atoms with Crippen LogP contribution in [0.1, 0.15) is 20.3 Å². The van der Waals surface area contributed by atoms with E-state index in [9.17, 15) is 13.2 Å². The molecule has 0 spiro atoms. The van der Waals surface area contributed by atoms with Gasteiger partial charge in [-0.3, -0.25) is 4.79 Å². The minimum atomic E-state index is -3.69. The molecular weight excluding hydrogens is 280 g/mol. The maximum Gasteiger partial charge on any atom is 0.228 e. The summed E-state index contributed by atoms with van der Waals surface area (Å²) in [4.78, 5) is 13.3. The molecular formula is C13H18N2O4S. The van der Waals surface area contributed by atoms with E-state index in [1.54, 1.807) is 24.3 Å². The van der Waals surface area contributed by atoms with Crippen LogP contribution in [-0.4, -0.2) is 32.2 Å². The zero-order valence-corrected chi connectivity index (χ0v) is 12.3. The van der Waals surface area contributed by atoms with E-state index in [0.29, 0.717) is 11.4 Å². The average Bonchev–Trinajstić information content (AvgIpc) is 2.71. The number of carbonyl (C=O) groups excluding carboxylic acids is 1. The van der Waals surface area contributed by atoms with E-state index in [-0.39, 0.29) is 25.0 Å². The largest absolute Gasteiger partial charge is 0.491 e. The van der Waals surface area contributed by atoms with Crippen molar-refractivity contribution >= 4 is 21.6 Å². The molecule has 1 heterocycles. The molecule has 1 saturated heterocycles. The Bertz CT molecular complexity index is 595. The van der Waals surface area contributed by atoms with Crippen molar-refractivity contribution in [1.82, 2.24) is 0 Å². The maximum absolute atomic E-state index is 11.9. The lowest BCUT2D eigenvalue weighted by atomic mass is 10.3. The summed E-state index contributed by atoms with van der Waals surface area (Å²) in [7, 11) is -3.69. The van der Waals surface area contributed by atoms with Crippen molar-refractivity contribution in [2.75, 3.05) is 11.4 Å². The van der Waals surface area contributed by atoms with Gasteiger partial charge in [-0.15, -0.1) is 0 Å². The third-order valence-electron chi connectivity index (χ3n) is 3.07. The van der Waals surface area contributed by atoms with Crippen molar-refractivity contribution < 1.29 is 17.9 Å². The van der Waals surface area contributed by atoms with Gasteiger partial charge in [-0.05, 0) is 38.1 Å². The number of nitrogens with zero attached hydrogens (tertiary/aromatic N) is 1. The highest BCUT2D eigenvalue weighted by molar-refractivity contribution is 7.89. The molecule has 1 fully saturated rings. The van der Waals surface area contributed by atoms with Crippen molar-refractivity contribution in [3.05, 3.63) is 24.3 Å². The maximum atomic E-state index is 11.9. The van der Waals surface area contributed by atoms with Gasteiger partial charge in [-0.2, -0.15) is 0 Å². The van der Waals surface area contributed by atoms with Crippen LogP contribution in [0.15, 0.2) is 24.3 Å². The smallest absolute Gasteiger partial charge is 0.228 e. The van der Waals surface area contributed by atoms with E-state index in [1.807, 2.05) is 13.8 Å². The Balaban J connectivity index is 2.14. The van der Waals surface area contributed by atoms with Crippen LogP contribution in [0, 0.1) is 0 Å². The first-order chi connectivity index (χ1) is 9.27. The lowest BCUT2D eigenvalue weighted by Gasteiger charge is -2.17. The molecule has 1 aliphatic rings. The van der Waals surface area contributed by atoms with Crippen LogP contribution in [0.3, 0.4) is 0 Å². The fourth-order valence-corrected chi connectivity index (χ4v) is 2.85. The fourth-order valence-electron chi connectivity index (χ4n) is 2.12. The molecule has 2 N–H and O–H groups in total. The normalized spacial score (nSPS) is 19.7. The average molecular weight is 298 g/mol. The van der Waals surface area contributed by atoms with Gasteiger partial charge in [0.05, 0.1) is 6.10 Å². The summed E-state index contributed by atoms with van der Waals surface area (Å²) in [6, 6.07) is 6.99. The third-order valence-corrected chi connectivity index (χ3v) is 4.32. The molecule has 1 amide bonds. The molecule has 2 rings (SSSR count). The molecule has 0 aliphatic carbocycles. The summed E-state index contributed by atoms with van der Waals surface area (Å²) in [5.74, 6) is 0.472. The molecule has 1 aromatic rings. The minimum Gasteiger partial charge on any atom is -0.491 e. The van der Waals surface area contributed by atoms with Crippen LogP contribution in [0.4, 0.5) is 5.69 Å². The number of primary sulfonamides is 1.